The van der Waals surface area contributed by atoms with Crippen LogP contribution in [-0.2, 0) is 4.79 Å². The molecule has 0 saturated heterocycles. The summed E-state index contributed by atoms with van der Waals surface area (Å²) >= 11 is 0. The average Bonchev–Trinajstić information content (AvgIpc) is 1.85. The quantitative estimate of drug-likeness (QED) is 0.722. The van der Waals surface area contributed by atoms with E-state index < -0.39 is 0 Å². The minimum absolute atomic E-state index is 0. The fourth-order valence-electron chi connectivity index (χ4n) is 1.27. The van der Waals surface area contributed by atoms with Gasteiger partial charge in [-0.2, -0.15) is 0 Å². The van der Waals surface area contributed by atoms with Gasteiger partial charge in [-0.15, -0.1) is 12.4 Å². The van der Waals surface area contributed by atoms with Crippen LogP contribution in [0.3, 0.4) is 0 Å². The van der Waals surface area contributed by atoms with Crippen molar-refractivity contribution in [2.45, 2.75) is 26.3 Å². The Balaban J connectivity index is 0. The van der Waals surface area contributed by atoms with Gasteiger partial charge in [0.05, 0.1) is 6.04 Å². The smallest absolute Gasteiger partial charge is 0.235 e. The molecule has 0 aliphatic carbocycles. The maximum atomic E-state index is 10.9. The molecule has 0 aliphatic heterocycles. The van der Waals surface area contributed by atoms with E-state index in [1.807, 2.05) is 25.9 Å². The van der Waals surface area contributed by atoms with Crippen molar-refractivity contribution in [1.29, 1.82) is 0 Å². The van der Waals surface area contributed by atoms with Gasteiger partial charge in [-0.1, -0.05) is 20.3 Å². The summed E-state index contributed by atoms with van der Waals surface area (Å²) in [5.41, 5.74) is 5.23. The Morgan fingerprint density at radius 1 is 1.50 bits per heavy atom. The molecule has 2 N–H and O–H groups in total. The minimum atomic E-state index is -0.232. The lowest BCUT2D eigenvalue weighted by molar-refractivity contribution is -0.123. The van der Waals surface area contributed by atoms with Crippen LogP contribution >= 0.6 is 12.4 Å². The fourth-order valence-corrected chi connectivity index (χ4v) is 1.27. The second-order valence-electron chi connectivity index (χ2n) is 3.20. The van der Waals surface area contributed by atoms with Crippen LogP contribution in [0.25, 0.3) is 0 Å². The highest BCUT2D eigenvalue weighted by molar-refractivity contribution is 5.85. The second-order valence-corrected chi connectivity index (χ2v) is 3.20. The van der Waals surface area contributed by atoms with Crippen LogP contribution < -0.4 is 5.73 Å². The van der Waals surface area contributed by atoms with Crippen LogP contribution in [0, 0.1) is 5.92 Å². The number of hydrogen-bond acceptors (Lipinski definition) is 2. The number of rotatable bonds is 4. The van der Waals surface area contributed by atoms with Crippen LogP contribution in [0.4, 0.5) is 0 Å². The van der Waals surface area contributed by atoms with Crippen LogP contribution in [0.15, 0.2) is 0 Å². The molecule has 0 aromatic heterocycles. The van der Waals surface area contributed by atoms with E-state index in [-0.39, 0.29) is 24.4 Å². The molecule has 74 valence electrons. The summed E-state index contributed by atoms with van der Waals surface area (Å²) < 4.78 is 0. The molecule has 0 spiro atoms. The first kappa shape index (κ1) is 14.3. The topological polar surface area (TPSA) is 46.3 Å². The molecule has 0 aliphatic rings. The molecule has 2 atom stereocenters. The lowest BCUT2D eigenvalue weighted by Gasteiger charge is -2.26. The first-order chi connectivity index (χ1) is 5.00. The van der Waals surface area contributed by atoms with Crippen molar-refractivity contribution in [3.8, 4) is 0 Å². The Kier molecular flexibility index (Phi) is 7.44. The van der Waals surface area contributed by atoms with E-state index in [9.17, 15) is 4.79 Å². The van der Waals surface area contributed by atoms with Crippen molar-refractivity contribution in [2.75, 3.05) is 14.1 Å². The van der Waals surface area contributed by atoms with Gasteiger partial charge < -0.3 is 5.73 Å². The molecule has 0 aromatic carbocycles. The number of likely N-dealkylation sites (N-methyl/N-ethyl adjacent to an activating group) is 1. The van der Waals surface area contributed by atoms with Gasteiger partial charge in [0, 0.05) is 0 Å². The van der Waals surface area contributed by atoms with Gasteiger partial charge in [0.1, 0.15) is 0 Å². The third-order valence-corrected chi connectivity index (χ3v) is 2.03. The van der Waals surface area contributed by atoms with Gasteiger partial charge in [-0.05, 0) is 20.0 Å². The third-order valence-electron chi connectivity index (χ3n) is 2.03. The highest BCUT2D eigenvalue weighted by Crippen LogP contribution is 2.11. The summed E-state index contributed by atoms with van der Waals surface area (Å²) in [5, 5.41) is 0. The van der Waals surface area contributed by atoms with Gasteiger partial charge in [-0.3, -0.25) is 9.69 Å². The highest BCUT2D eigenvalue weighted by Gasteiger charge is 2.22. The zero-order valence-electron chi connectivity index (χ0n) is 8.20. The third kappa shape index (κ3) is 3.93. The van der Waals surface area contributed by atoms with Gasteiger partial charge in [0.25, 0.3) is 0 Å². The van der Waals surface area contributed by atoms with Crippen LogP contribution in [0.1, 0.15) is 20.3 Å². The summed E-state index contributed by atoms with van der Waals surface area (Å²) in [6.45, 7) is 4.10. The maximum Gasteiger partial charge on any atom is 0.235 e. The lowest BCUT2D eigenvalue weighted by Crippen LogP contribution is -2.44. The molecule has 0 unspecified atom stereocenters. The van der Waals surface area contributed by atoms with E-state index in [0.29, 0.717) is 5.92 Å². The maximum absolute atomic E-state index is 10.9. The van der Waals surface area contributed by atoms with Gasteiger partial charge >= 0.3 is 0 Å². The molecular weight excluding hydrogens is 176 g/mol. The van der Waals surface area contributed by atoms with Gasteiger partial charge in [-0.25, -0.2) is 0 Å². The number of nitrogens with two attached hydrogens (primary N) is 1. The first-order valence-electron chi connectivity index (χ1n) is 3.96. The number of carbonyl (C=O) groups is 1. The molecule has 4 heteroatoms. The van der Waals surface area contributed by atoms with Crippen molar-refractivity contribution in [1.82, 2.24) is 4.90 Å². The van der Waals surface area contributed by atoms with Gasteiger partial charge in [0.2, 0.25) is 5.91 Å². The Labute approximate surface area is 80.7 Å². The highest BCUT2D eigenvalue weighted by atomic mass is 35.5. The second kappa shape index (κ2) is 6.26. The van der Waals surface area contributed by atoms with Gasteiger partial charge in [0.15, 0.2) is 0 Å². The van der Waals surface area contributed by atoms with E-state index in [1.54, 1.807) is 0 Å². The van der Waals surface area contributed by atoms with Crippen molar-refractivity contribution >= 4 is 18.3 Å². The molecule has 0 fully saturated rings. The molecule has 0 radical (unpaired) electrons. The molecule has 0 saturated carbocycles. The Morgan fingerprint density at radius 2 is 1.92 bits per heavy atom. The van der Waals surface area contributed by atoms with Crippen molar-refractivity contribution < 1.29 is 4.79 Å². The van der Waals surface area contributed by atoms with Crippen molar-refractivity contribution in [3.63, 3.8) is 0 Å². The van der Waals surface area contributed by atoms with Crippen molar-refractivity contribution in [2.24, 2.45) is 11.7 Å². The summed E-state index contributed by atoms with van der Waals surface area (Å²) in [7, 11) is 3.75. The molecule has 0 bridgehead atoms. The van der Waals surface area contributed by atoms with E-state index >= 15 is 0 Å². The van der Waals surface area contributed by atoms with Crippen LogP contribution in [-0.4, -0.2) is 30.9 Å². The van der Waals surface area contributed by atoms with Crippen LogP contribution in [0.5, 0.6) is 0 Å². The number of hydrogen-bond donors (Lipinski definition) is 1. The SMILES string of the molecule is CC[C@H](C)[C@@H](C(N)=O)N(C)C.Cl. The number of primary amides is 1. The summed E-state index contributed by atoms with van der Waals surface area (Å²) in [5.74, 6) is 0.104. The Morgan fingerprint density at radius 3 is 2.00 bits per heavy atom. The number of halogens is 1. The summed E-state index contributed by atoms with van der Waals surface area (Å²) in [4.78, 5) is 12.8. The molecule has 0 heterocycles. The van der Waals surface area contributed by atoms with E-state index in [1.165, 1.54) is 0 Å². The predicted octanol–water partition coefficient (Wildman–Crippen LogP) is 0.870. The number of nitrogens with zero attached hydrogens (tertiary/aromatic N) is 1. The monoisotopic (exact) mass is 194 g/mol. The molecule has 1 amide bonds. The van der Waals surface area contributed by atoms with E-state index in [4.69, 9.17) is 5.73 Å². The summed E-state index contributed by atoms with van der Waals surface area (Å²) in [6, 6.07) is -0.125. The molecule has 12 heavy (non-hydrogen) atoms. The van der Waals surface area contributed by atoms with Crippen molar-refractivity contribution in [3.05, 3.63) is 0 Å². The minimum Gasteiger partial charge on any atom is -0.368 e. The zero-order valence-corrected chi connectivity index (χ0v) is 9.02. The number of amides is 1. The standard InChI is InChI=1S/C8H18N2O.ClH/c1-5-6(2)7(8(9)11)10(3)4;/h6-7H,5H2,1-4H3,(H2,9,11);1H/t6-,7-;/m0./s1. The fraction of sp³-hybridized carbons (Fsp3) is 0.875. The Hall–Kier alpha value is -0.280. The molecule has 3 nitrogen and oxygen atoms in total. The number of carbonyl (C=O) groups excluding carboxylic acids is 1. The first-order valence-corrected chi connectivity index (χ1v) is 3.96. The summed E-state index contributed by atoms with van der Waals surface area (Å²) in [6.07, 6.45) is 0.978. The largest absolute Gasteiger partial charge is 0.368 e. The normalized spacial score (nSPS) is 15.1. The molecular formula is C8H19ClN2O. The Bertz CT molecular complexity index is 139. The zero-order chi connectivity index (χ0) is 9.02. The molecule has 0 aromatic rings. The molecule has 0 rings (SSSR count). The lowest BCUT2D eigenvalue weighted by atomic mass is 9.98. The average molecular weight is 195 g/mol. The van der Waals surface area contributed by atoms with E-state index in [0.717, 1.165) is 6.42 Å². The van der Waals surface area contributed by atoms with E-state index in [2.05, 4.69) is 6.92 Å². The predicted molar refractivity (Wildman–Crippen MR) is 53.4 cm³/mol. The van der Waals surface area contributed by atoms with Crippen LogP contribution in [0.2, 0.25) is 0 Å².